The number of rotatable bonds is 8. The van der Waals surface area contributed by atoms with Crippen LogP contribution in [0.4, 0.5) is 5.69 Å². The van der Waals surface area contributed by atoms with Gasteiger partial charge in [-0.15, -0.1) is 0 Å². The van der Waals surface area contributed by atoms with Gasteiger partial charge in [-0.1, -0.05) is 26.0 Å². The molecule has 1 unspecified atom stereocenters. The van der Waals surface area contributed by atoms with Gasteiger partial charge in [0.15, 0.2) is 0 Å². The van der Waals surface area contributed by atoms with E-state index in [0.29, 0.717) is 12.2 Å². The highest BCUT2D eigenvalue weighted by molar-refractivity contribution is 5.99. The Balaban J connectivity index is 2.75. The molecule has 1 aromatic rings. The summed E-state index contributed by atoms with van der Waals surface area (Å²) in [6.45, 7) is 5.53. The average molecular weight is 264 g/mol. The molecular weight excluding hydrogens is 240 g/mol. The van der Waals surface area contributed by atoms with Crippen LogP contribution in [0.25, 0.3) is 0 Å². The molecule has 1 amide bonds. The molecule has 0 heterocycles. The molecule has 1 atom stereocenters. The quantitative estimate of drug-likeness (QED) is 0.759. The summed E-state index contributed by atoms with van der Waals surface area (Å²) in [6, 6.07) is 7.64. The second kappa shape index (κ2) is 8.53. The molecule has 1 aromatic carbocycles. The summed E-state index contributed by atoms with van der Waals surface area (Å²) >= 11 is 0. The maximum atomic E-state index is 12.3. The van der Waals surface area contributed by atoms with Gasteiger partial charge in [0.05, 0.1) is 18.2 Å². The van der Waals surface area contributed by atoms with Gasteiger partial charge in [-0.05, 0) is 25.0 Å². The molecule has 0 fully saturated rings. The third-order valence-corrected chi connectivity index (χ3v) is 2.93. The van der Waals surface area contributed by atoms with E-state index >= 15 is 0 Å². The van der Waals surface area contributed by atoms with Crippen molar-refractivity contribution in [1.29, 1.82) is 0 Å². The number of hydrogen-bond donors (Lipinski definition) is 2. The number of carbonyl (C=O) groups is 1. The molecule has 2 N–H and O–H groups in total. The van der Waals surface area contributed by atoms with Crippen LogP contribution in [-0.4, -0.2) is 32.2 Å². The molecule has 0 aromatic heterocycles. The van der Waals surface area contributed by atoms with E-state index in [1.807, 2.05) is 31.2 Å². The maximum absolute atomic E-state index is 12.3. The van der Waals surface area contributed by atoms with Gasteiger partial charge < -0.3 is 15.4 Å². The summed E-state index contributed by atoms with van der Waals surface area (Å²) in [5.74, 6) is -0.0527. The second-order valence-corrected chi connectivity index (χ2v) is 4.51. The lowest BCUT2D eigenvalue weighted by molar-refractivity contribution is 0.0895. The zero-order chi connectivity index (χ0) is 14.1. The third-order valence-electron chi connectivity index (χ3n) is 2.93. The minimum Gasteiger partial charge on any atom is -0.384 e. The molecule has 1 rings (SSSR count). The lowest BCUT2D eigenvalue weighted by Crippen LogP contribution is -2.37. The lowest BCUT2D eigenvalue weighted by Gasteiger charge is -2.17. The van der Waals surface area contributed by atoms with Crippen molar-refractivity contribution >= 4 is 11.6 Å². The van der Waals surface area contributed by atoms with Crippen LogP contribution < -0.4 is 10.6 Å². The van der Waals surface area contributed by atoms with Crippen LogP contribution in [0.15, 0.2) is 24.3 Å². The van der Waals surface area contributed by atoms with E-state index in [0.717, 1.165) is 25.1 Å². The first-order valence-electron chi connectivity index (χ1n) is 6.85. The highest BCUT2D eigenvalue weighted by Crippen LogP contribution is 2.15. The van der Waals surface area contributed by atoms with Crippen molar-refractivity contribution < 1.29 is 9.53 Å². The van der Waals surface area contributed by atoms with Crippen LogP contribution in [0.3, 0.4) is 0 Å². The molecule has 0 aliphatic carbocycles. The Kier molecular flexibility index (Phi) is 6.97. The van der Waals surface area contributed by atoms with E-state index in [1.165, 1.54) is 0 Å². The van der Waals surface area contributed by atoms with Gasteiger partial charge in [-0.25, -0.2) is 0 Å². The maximum Gasteiger partial charge on any atom is 0.253 e. The fraction of sp³-hybridized carbons (Fsp3) is 0.533. The van der Waals surface area contributed by atoms with Crippen LogP contribution >= 0.6 is 0 Å². The van der Waals surface area contributed by atoms with Gasteiger partial charge in [-0.2, -0.15) is 0 Å². The number of benzene rings is 1. The van der Waals surface area contributed by atoms with Crippen molar-refractivity contribution in [2.24, 2.45) is 0 Å². The Morgan fingerprint density at radius 1 is 1.32 bits per heavy atom. The number of nitrogens with one attached hydrogen (secondary N) is 2. The molecule has 19 heavy (non-hydrogen) atoms. The Labute approximate surface area is 115 Å². The van der Waals surface area contributed by atoms with Crippen molar-refractivity contribution in [3.63, 3.8) is 0 Å². The largest absolute Gasteiger partial charge is 0.384 e. The second-order valence-electron chi connectivity index (χ2n) is 4.51. The summed E-state index contributed by atoms with van der Waals surface area (Å²) in [5.41, 5.74) is 1.57. The number of carbonyl (C=O) groups excluding carboxylic acids is 1. The standard InChI is InChI=1S/C15H24N2O2/c1-4-10-16-14-9-7-6-8-13(14)15(18)17-12(5-2)11-19-3/h6-9,12,16H,4-5,10-11H2,1-3H3,(H,17,18). The summed E-state index contributed by atoms with van der Waals surface area (Å²) in [5, 5.41) is 6.27. The van der Waals surface area contributed by atoms with Crippen molar-refractivity contribution in [2.75, 3.05) is 25.6 Å². The minimum atomic E-state index is -0.0527. The van der Waals surface area contributed by atoms with Crippen LogP contribution in [-0.2, 0) is 4.74 Å². The highest BCUT2D eigenvalue weighted by Gasteiger charge is 2.14. The van der Waals surface area contributed by atoms with Gasteiger partial charge >= 0.3 is 0 Å². The average Bonchev–Trinajstić information content (AvgIpc) is 2.44. The minimum absolute atomic E-state index is 0.0525. The monoisotopic (exact) mass is 264 g/mol. The fourth-order valence-electron chi connectivity index (χ4n) is 1.82. The van der Waals surface area contributed by atoms with Crippen LogP contribution in [0.5, 0.6) is 0 Å². The Hall–Kier alpha value is -1.55. The molecule has 0 aliphatic rings. The molecule has 0 bridgehead atoms. The highest BCUT2D eigenvalue weighted by atomic mass is 16.5. The molecule has 4 heteroatoms. The van der Waals surface area contributed by atoms with Crippen molar-refractivity contribution in [1.82, 2.24) is 5.32 Å². The molecular formula is C15H24N2O2. The number of amides is 1. The van der Waals surface area contributed by atoms with Crippen molar-refractivity contribution in [2.45, 2.75) is 32.7 Å². The van der Waals surface area contributed by atoms with Gasteiger partial charge in [0, 0.05) is 19.3 Å². The first-order valence-corrected chi connectivity index (χ1v) is 6.85. The van der Waals surface area contributed by atoms with Crippen molar-refractivity contribution in [3.8, 4) is 0 Å². The number of methoxy groups -OCH3 is 1. The first-order chi connectivity index (χ1) is 9.22. The predicted molar refractivity (Wildman–Crippen MR) is 78.6 cm³/mol. The van der Waals surface area contributed by atoms with E-state index < -0.39 is 0 Å². The van der Waals surface area contributed by atoms with Gasteiger partial charge in [0.2, 0.25) is 0 Å². The summed E-state index contributed by atoms with van der Waals surface area (Å²) < 4.78 is 5.10. The van der Waals surface area contributed by atoms with Crippen LogP contribution in [0, 0.1) is 0 Å². The zero-order valence-electron chi connectivity index (χ0n) is 12.0. The summed E-state index contributed by atoms with van der Waals surface area (Å²) in [4.78, 5) is 12.3. The smallest absolute Gasteiger partial charge is 0.253 e. The molecule has 106 valence electrons. The van der Waals surface area contributed by atoms with Crippen LogP contribution in [0.1, 0.15) is 37.0 Å². The van der Waals surface area contributed by atoms with Crippen molar-refractivity contribution in [3.05, 3.63) is 29.8 Å². The Bertz CT molecular complexity index is 393. The van der Waals surface area contributed by atoms with E-state index in [1.54, 1.807) is 7.11 Å². The molecule has 0 spiro atoms. The number of para-hydroxylation sites is 1. The van der Waals surface area contributed by atoms with E-state index in [-0.39, 0.29) is 11.9 Å². The topological polar surface area (TPSA) is 50.4 Å². The van der Waals surface area contributed by atoms with Gasteiger partial charge in [-0.3, -0.25) is 4.79 Å². The molecule has 4 nitrogen and oxygen atoms in total. The van der Waals surface area contributed by atoms with Gasteiger partial charge in [0.25, 0.3) is 5.91 Å². The fourth-order valence-corrected chi connectivity index (χ4v) is 1.82. The van der Waals surface area contributed by atoms with Crippen LogP contribution in [0.2, 0.25) is 0 Å². The number of anilines is 1. The zero-order valence-corrected chi connectivity index (χ0v) is 12.0. The Morgan fingerprint density at radius 2 is 2.05 bits per heavy atom. The third kappa shape index (κ3) is 4.91. The number of hydrogen-bond acceptors (Lipinski definition) is 3. The molecule has 0 radical (unpaired) electrons. The SMILES string of the molecule is CCCNc1ccccc1C(=O)NC(CC)COC. The molecule has 0 saturated heterocycles. The number of ether oxygens (including phenoxy) is 1. The summed E-state index contributed by atoms with van der Waals surface area (Å²) in [6.07, 6.45) is 1.88. The summed E-state index contributed by atoms with van der Waals surface area (Å²) in [7, 11) is 1.64. The Morgan fingerprint density at radius 3 is 2.68 bits per heavy atom. The predicted octanol–water partition coefficient (Wildman–Crippen LogP) is 2.66. The van der Waals surface area contributed by atoms with E-state index in [2.05, 4.69) is 17.6 Å². The van der Waals surface area contributed by atoms with E-state index in [9.17, 15) is 4.79 Å². The first kappa shape index (κ1) is 15.5. The normalized spacial score (nSPS) is 11.9. The molecule has 0 aliphatic heterocycles. The van der Waals surface area contributed by atoms with Gasteiger partial charge in [0.1, 0.15) is 0 Å². The molecule has 0 saturated carbocycles. The van der Waals surface area contributed by atoms with E-state index in [4.69, 9.17) is 4.74 Å². The lowest BCUT2D eigenvalue weighted by atomic mass is 10.1.